The second kappa shape index (κ2) is 3.04. The summed E-state index contributed by atoms with van der Waals surface area (Å²) in [5, 5.41) is 11.4. The van der Waals surface area contributed by atoms with Crippen LogP contribution in [0.3, 0.4) is 0 Å². The van der Waals surface area contributed by atoms with Crippen LogP contribution >= 0.6 is 0 Å². The number of methoxy groups -OCH3 is 1. The van der Waals surface area contributed by atoms with Crippen LogP contribution in [0, 0.1) is 11.3 Å². The van der Waals surface area contributed by atoms with Gasteiger partial charge in [0.1, 0.15) is 0 Å². The van der Waals surface area contributed by atoms with Gasteiger partial charge in [-0.2, -0.15) is 5.26 Å². The average molecular weight is 136 g/mol. The Bertz CT molecular complexity index is 212. The number of nitriles is 1. The van der Waals surface area contributed by atoms with Crippen molar-refractivity contribution in [2.45, 2.75) is 6.23 Å². The van der Waals surface area contributed by atoms with Gasteiger partial charge < -0.3 is 10.1 Å². The van der Waals surface area contributed by atoms with E-state index in [1.807, 2.05) is 6.07 Å². The van der Waals surface area contributed by atoms with Gasteiger partial charge >= 0.3 is 0 Å². The van der Waals surface area contributed by atoms with Crippen molar-refractivity contribution in [2.24, 2.45) is 0 Å². The van der Waals surface area contributed by atoms with E-state index in [0.717, 1.165) is 0 Å². The Labute approximate surface area is 59.6 Å². The van der Waals surface area contributed by atoms with Crippen LogP contribution in [0.5, 0.6) is 0 Å². The maximum Gasteiger partial charge on any atom is 0.163 e. The molecule has 0 aromatic heterocycles. The molecule has 1 unspecified atom stereocenters. The normalized spacial score (nSPS) is 22.8. The third-order valence-electron chi connectivity index (χ3n) is 1.27. The molecular formula is C7H8N2O. The number of nitrogens with zero attached hydrogens (tertiary/aromatic N) is 1. The second-order valence-corrected chi connectivity index (χ2v) is 1.88. The lowest BCUT2D eigenvalue weighted by Crippen LogP contribution is -2.29. The molecule has 0 spiro atoms. The van der Waals surface area contributed by atoms with Crippen LogP contribution in [0.25, 0.3) is 0 Å². The van der Waals surface area contributed by atoms with E-state index in [1.165, 1.54) is 0 Å². The summed E-state index contributed by atoms with van der Waals surface area (Å²) in [7, 11) is 1.56. The highest BCUT2D eigenvalue weighted by Crippen LogP contribution is 2.05. The standard InChI is InChI=1S/C7H8N2O/c1-10-7-6(5-8)3-2-4-9-7/h2-4,7,9H,1H3. The van der Waals surface area contributed by atoms with Crippen LogP contribution in [-0.4, -0.2) is 13.3 Å². The molecule has 1 atom stereocenters. The van der Waals surface area contributed by atoms with Crippen LogP contribution in [0.1, 0.15) is 0 Å². The number of hydrogen-bond donors (Lipinski definition) is 1. The molecule has 3 heteroatoms. The SMILES string of the molecule is COC1NC=CC=C1C#N. The Morgan fingerprint density at radius 2 is 2.60 bits per heavy atom. The molecule has 10 heavy (non-hydrogen) atoms. The predicted octanol–water partition coefficient (Wildman–Crippen LogP) is 0.526. The first-order valence-electron chi connectivity index (χ1n) is 2.94. The topological polar surface area (TPSA) is 45.0 Å². The van der Waals surface area contributed by atoms with Gasteiger partial charge in [-0.15, -0.1) is 0 Å². The zero-order valence-electron chi connectivity index (χ0n) is 5.66. The Balaban J connectivity index is 2.73. The van der Waals surface area contributed by atoms with Crippen molar-refractivity contribution in [2.75, 3.05) is 7.11 Å². The molecule has 0 aliphatic carbocycles. The molecule has 0 bridgehead atoms. The lowest BCUT2D eigenvalue weighted by Gasteiger charge is -2.16. The highest BCUT2D eigenvalue weighted by molar-refractivity contribution is 5.31. The predicted molar refractivity (Wildman–Crippen MR) is 36.8 cm³/mol. The maximum absolute atomic E-state index is 8.52. The number of dihydropyridines is 1. The largest absolute Gasteiger partial charge is 0.362 e. The molecule has 1 aliphatic rings. The second-order valence-electron chi connectivity index (χ2n) is 1.88. The van der Waals surface area contributed by atoms with Crippen molar-refractivity contribution in [3.63, 3.8) is 0 Å². The lowest BCUT2D eigenvalue weighted by atomic mass is 10.2. The van der Waals surface area contributed by atoms with Gasteiger partial charge in [0.05, 0.1) is 11.6 Å². The Kier molecular flexibility index (Phi) is 2.08. The molecule has 0 amide bonds. The summed E-state index contributed by atoms with van der Waals surface area (Å²) in [4.78, 5) is 0. The van der Waals surface area contributed by atoms with Crippen molar-refractivity contribution < 1.29 is 4.74 Å². The molecule has 52 valence electrons. The molecule has 1 heterocycles. The van der Waals surface area contributed by atoms with E-state index in [-0.39, 0.29) is 6.23 Å². The van der Waals surface area contributed by atoms with Gasteiger partial charge in [-0.1, -0.05) is 0 Å². The Morgan fingerprint density at radius 1 is 1.80 bits per heavy atom. The van der Waals surface area contributed by atoms with Gasteiger partial charge in [0, 0.05) is 7.11 Å². The first kappa shape index (κ1) is 6.84. The highest BCUT2D eigenvalue weighted by atomic mass is 16.5. The van der Waals surface area contributed by atoms with E-state index in [0.29, 0.717) is 5.57 Å². The molecule has 0 saturated carbocycles. The van der Waals surface area contributed by atoms with E-state index in [9.17, 15) is 0 Å². The first-order valence-corrected chi connectivity index (χ1v) is 2.94. The monoisotopic (exact) mass is 136 g/mol. The van der Waals surface area contributed by atoms with E-state index in [1.54, 1.807) is 25.5 Å². The van der Waals surface area contributed by atoms with Gasteiger partial charge in [-0.05, 0) is 18.4 Å². The zero-order chi connectivity index (χ0) is 7.40. The third-order valence-corrected chi connectivity index (χ3v) is 1.27. The number of rotatable bonds is 1. The summed E-state index contributed by atoms with van der Waals surface area (Å²) in [6.45, 7) is 0. The fourth-order valence-electron chi connectivity index (χ4n) is 0.763. The maximum atomic E-state index is 8.52. The highest BCUT2D eigenvalue weighted by Gasteiger charge is 2.11. The number of ether oxygens (including phenoxy) is 1. The van der Waals surface area contributed by atoms with Gasteiger partial charge in [0.25, 0.3) is 0 Å². The summed E-state index contributed by atoms with van der Waals surface area (Å²) >= 11 is 0. The fraction of sp³-hybridized carbons (Fsp3) is 0.286. The van der Waals surface area contributed by atoms with Crippen molar-refractivity contribution in [3.8, 4) is 6.07 Å². The molecule has 0 fully saturated rings. The van der Waals surface area contributed by atoms with Gasteiger partial charge in [0.15, 0.2) is 6.23 Å². The molecular weight excluding hydrogens is 128 g/mol. The Hall–Kier alpha value is -1.27. The summed E-state index contributed by atoms with van der Waals surface area (Å²) in [6, 6.07) is 2.03. The summed E-state index contributed by atoms with van der Waals surface area (Å²) in [5.74, 6) is 0. The summed E-state index contributed by atoms with van der Waals surface area (Å²) in [5.41, 5.74) is 0.602. The van der Waals surface area contributed by atoms with Gasteiger partial charge in [0.2, 0.25) is 0 Å². The van der Waals surface area contributed by atoms with E-state index in [2.05, 4.69) is 5.32 Å². The third kappa shape index (κ3) is 1.17. The average Bonchev–Trinajstić information content (AvgIpc) is 2.04. The number of hydrogen-bond acceptors (Lipinski definition) is 3. The Morgan fingerprint density at radius 3 is 3.10 bits per heavy atom. The van der Waals surface area contributed by atoms with E-state index >= 15 is 0 Å². The quantitative estimate of drug-likeness (QED) is 0.571. The molecule has 0 saturated heterocycles. The van der Waals surface area contributed by atoms with Crippen LogP contribution in [0.4, 0.5) is 0 Å². The molecule has 0 aromatic rings. The number of allylic oxidation sites excluding steroid dienone is 2. The minimum Gasteiger partial charge on any atom is -0.362 e. The van der Waals surface area contributed by atoms with Crippen LogP contribution in [0.2, 0.25) is 0 Å². The first-order chi connectivity index (χ1) is 4.88. The van der Waals surface area contributed by atoms with Crippen molar-refractivity contribution in [1.82, 2.24) is 5.32 Å². The molecule has 3 nitrogen and oxygen atoms in total. The smallest absolute Gasteiger partial charge is 0.163 e. The summed E-state index contributed by atoms with van der Waals surface area (Å²) in [6.07, 6.45) is 4.98. The van der Waals surface area contributed by atoms with E-state index in [4.69, 9.17) is 10.00 Å². The summed E-state index contributed by atoms with van der Waals surface area (Å²) < 4.78 is 4.94. The molecule has 1 rings (SSSR count). The fourth-order valence-corrected chi connectivity index (χ4v) is 0.763. The minimum absolute atomic E-state index is 0.269. The van der Waals surface area contributed by atoms with Crippen LogP contribution in [-0.2, 0) is 4.74 Å². The van der Waals surface area contributed by atoms with Crippen molar-refractivity contribution in [3.05, 3.63) is 23.9 Å². The molecule has 1 aliphatic heterocycles. The van der Waals surface area contributed by atoms with Gasteiger partial charge in [-0.25, -0.2) is 0 Å². The van der Waals surface area contributed by atoms with Crippen molar-refractivity contribution >= 4 is 0 Å². The molecule has 1 N–H and O–H groups in total. The van der Waals surface area contributed by atoms with Gasteiger partial charge in [-0.3, -0.25) is 0 Å². The lowest BCUT2D eigenvalue weighted by molar-refractivity contribution is 0.117. The molecule has 0 radical (unpaired) electrons. The minimum atomic E-state index is -0.269. The van der Waals surface area contributed by atoms with Crippen LogP contribution < -0.4 is 5.32 Å². The van der Waals surface area contributed by atoms with E-state index < -0.39 is 0 Å². The molecule has 0 aromatic carbocycles. The number of nitrogens with one attached hydrogen (secondary N) is 1. The zero-order valence-corrected chi connectivity index (χ0v) is 5.66. The van der Waals surface area contributed by atoms with Crippen molar-refractivity contribution in [1.29, 1.82) is 5.26 Å². The van der Waals surface area contributed by atoms with Crippen LogP contribution in [0.15, 0.2) is 23.9 Å².